The van der Waals surface area contributed by atoms with E-state index in [0.29, 0.717) is 22.3 Å². The van der Waals surface area contributed by atoms with E-state index in [2.05, 4.69) is 0 Å². The number of aromatic nitrogens is 3. The van der Waals surface area contributed by atoms with Gasteiger partial charge in [-0.25, -0.2) is 15.0 Å². The highest BCUT2D eigenvalue weighted by atomic mass is 16.3. The van der Waals surface area contributed by atoms with E-state index in [1.807, 2.05) is 97.1 Å². The maximum atomic E-state index is 9.49. The van der Waals surface area contributed by atoms with Crippen molar-refractivity contribution in [2.45, 2.75) is 0 Å². The fourth-order valence-corrected chi connectivity index (χ4v) is 6.17. The molecule has 10 aromatic rings. The molecular formula is C43H25N3O2. The fourth-order valence-electron chi connectivity index (χ4n) is 6.17. The van der Waals surface area contributed by atoms with Gasteiger partial charge < -0.3 is 8.83 Å². The van der Waals surface area contributed by atoms with Crippen molar-refractivity contribution in [2.75, 3.05) is 0 Å². The molecule has 0 aliphatic heterocycles. The molecule has 0 aliphatic rings. The molecule has 10 rings (SSSR count). The van der Waals surface area contributed by atoms with Crippen molar-refractivity contribution in [1.82, 2.24) is 15.0 Å². The lowest BCUT2D eigenvalue weighted by atomic mass is 9.98. The maximum absolute atomic E-state index is 9.49. The molecule has 0 radical (unpaired) electrons. The van der Waals surface area contributed by atoms with Crippen LogP contribution in [0.3, 0.4) is 0 Å². The highest BCUT2D eigenvalue weighted by molar-refractivity contribution is 6.15. The van der Waals surface area contributed by atoms with Crippen molar-refractivity contribution in [3.8, 4) is 45.3 Å². The van der Waals surface area contributed by atoms with E-state index in [1.54, 1.807) is 0 Å². The first-order valence-electron chi connectivity index (χ1n) is 19.7. The third kappa shape index (κ3) is 4.22. The minimum Gasteiger partial charge on any atom is -0.456 e. The summed E-state index contributed by atoms with van der Waals surface area (Å²) in [6.07, 6.45) is 0. The largest absolute Gasteiger partial charge is 0.456 e. The van der Waals surface area contributed by atoms with Gasteiger partial charge in [-0.2, -0.15) is 0 Å². The third-order valence-electron chi connectivity index (χ3n) is 8.40. The summed E-state index contributed by atoms with van der Waals surface area (Å²) in [5.41, 5.74) is 3.71. The molecule has 0 atom stereocenters. The molecule has 0 fully saturated rings. The quantitative estimate of drug-likeness (QED) is 0.195. The van der Waals surface area contributed by atoms with E-state index < -0.39 is 48.3 Å². The van der Waals surface area contributed by atoms with Gasteiger partial charge in [0.15, 0.2) is 17.5 Å². The zero-order valence-electron chi connectivity index (χ0n) is 33.9. The van der Waals surface area contributed by atoms with E-state index in [1.165, 1.54) is 0 Å². The molecule has 0 amide bonds. The Balaban J connectivity index is 1.31. The SMILES string of the molecule is [2H]c1c([2H])c([2H])c2c(c1[2H])c([2H])c([2H])c1c2oc2c([2H])c(-c3nc(-c4ccccc4)nc(-c4cc(-c5ccccc5)cc5oc6ccccc6c45)n3)c([2H])c([2H])c21. The van der Waals surface area contributed by atoms with Gasteiger partial charge in [0.1, 0.15) is 22.3 Å². The van der Waals surface area contributed by atoms with Gasteiger partial charge in [0, 0.05) is 43.6 Å². The van der Waals surface area contributed by atoms with Crippen LogP contribution in [0.15, 0.2) is 160 Å². The number of nitrogens with zero attached hydrogens (tertiary/aromatic N) is 3. The van der Waals surface area contributed by atoms with Gasteiger partial charge in [-0.1, -0.05) is 115 Å². The van der Waals surface area contributed by atoms with Crippen molar-refractivity contribution in [3.63, 3.8) is 0 Å². The Morgan fingerprint density at radius 3 is 2.02 bits per heavy atom. The predicted octanol–water partition coefficient (Wildman–Crippen LogP) is 11.5. The molecule has 7 aromatic carbocycles. The zero-order valence-corrected chi connectivity index (χ0v) is 24.9. The summed E-state index contributed by atoms with van der Waals surface area (Å²) in [6, 6.07) is 26.2. The monoisotopic (exact) mass is 624 g/mol. The predicted molar refractivity (Wildman–Crippen MR) is 194 cm³/mol. The summed E-state index contributed by atoms with van der Waals surface area (Å²) < 4.78 is 92.0. The molecule has 5 nitrogen and oxygen atoms in total. The zero-order chi connectivity index (χ0) is 39.4. The Morgan fingerprint density at radius 2 is 1.17 bits per heavy atom. The van der Waals surface area contributed by atoms with Crippen molar-refractivity contribution >= 4 is 54.6 Å². The van der Waals surface area contributed by atoms with Gasteiger partial charge in [-0.3, -0.25) is 0 Å². The molecule has 3 aromatic heterocycles. The Kier molecular flexibility index (Phi) is 4.18. The second kappa shape index (κ2) is 10.5. The summed E-state index contributed by atoms with van der Waals surface area (Å²) in [5.74, 6) is 0.373. The number of hydrogen-bond acceptors (Lipinski definition) is 5. The Bertz CT molecular complexity index is 3350. The molecule has 0 aliphatic carbocycles. The average molecular weight is 625 g/mol. The molecule has 0 N–H and O–H groups in total. The highest BCUT2D eigenvalue weighted by Crippen LogP contribution is 2.40. The molecular weight excluding hydrogens is 590 g/mol. The van der Waals surface area contributed by atoms with E-state index in [-0.39, 0.29) is 61.8 Å². The first kappa shape index (κ1) is 19.2. The second-order valence-corrected chi connectivity index (χ2v) is 11.3. The highest BCUT2D eigenvalue weighted by Gasteiger charge is 2.20. The van der Waals surface area contributed by atoms with E-state index >= 15 is 0 Å². The van der Waals surface area contributed by atoms with Crippen molar-refractivity contribution < 1.29 is 21.2 Å². The third-order valence-corrected chi connectivity index (χ3v) is 8.40. The molecule has 0 unspecified atom stereocenters. The molecule has 0 saturated heterocycles. The van der Waals surface area contributed by atoms with Gasteiger partial charge in [-0.15, -0.1) is 0 Å². The van der Waals surface area contributed by atoms with Crippen molar-refractivity contribution in [2.24, 2.45) is 0 Å². The lowest BCUT2D eigenvalue weighted by Gasteiger charge is -2.11. The van der Waals surface area contributed by atoms with Crippen LogP contribution in [0.4, 0.5) is 0 Å². The second-order valence-electron chi connectivity index (χ2n) is 11.3. The smallest absolute Gasteiger partial charge is 0.164 e. The van der Waals surface area contributed by atoms with Crippen LogP contribution >= 0.6 is 0 Å². The van der Waals surface area contributed by atoms with Gasteiger partial charge in [-0.05, 0) is 52.8 Å². The molecule has 5 heteroatoms. The topological polar surface area (TPSA) is 65.0 Å². The fraction of sp³-hybridized carbons (Fsp3) is 0. The van der Waals surface area contributed by atoms with Crippen LogP contribution in [0.2, 0.25) is 0 Å². The number of hydrogen-bond donors (Lipinski definition) is 0. The minimum atomic E-state index is -0.566. The first-order valence-corrected chi connectivity index (χ1v) is 15.2. The average Bonchev–Trinajstić information content (AvgIpc) is 3.83. The summed E-state index contributed by atoms with van der Waals surface area (Å²) in [7, 11) is 0. The van der Waals surface area contributed by atoms with Gasteiger partial charge >= 0.3 is 0 Å². The maximum Gasteiger partial charge on any atom is 0.164 e. The molecule has 0 saturated carbocycles. The molecule has 224 valence electrons. The minimum absolute atomic E-state index is 0.0881. The molecule has 0 bridgehead atoms. The van der Waals surface area contributed by atoms with Crippen LogP contribution in [0, 0.1) is 0 Å². The molecule has 0 spiro atoms. The van der Waals surface area contributed by atoms with Crippen LogP contribution in [0.25, 0.3) is 99.9 Å². The Hall–Kier alpha value is -6.59. The van der Waals surface area contributed by atoms with Gasteiger partial charge in [0.05, 0.1) is 12.3 Å². The standard InChI is InChI=1S/C43H25N3O2/c1-3-11-26(12-4-1)30-23-35(39-34-17-9-10-18-36(34)47-38(39)25-30)43-45-41(28-14-5-2-6-15-28)44-42(46-43)29-20-21-32-33-22-19-27-13-7-8-16-31(27)40(33)48-37(32)24-29/h1-25H/i7D,8D,13D,16D,19D,20D,21D,22D,24D. The van der Waals surface area contributed by atoms with Crippen LogP contribution in [-0.2, 0) is 0 Å². The van der Waals surface area contributed by atoms with Crippen molar-refractivity contribution in [3.05, 3.63) is 151 Å². The molecule has 3 heterocycles. The van der Waals surface area contributed by atoms with Crippen molar-refractivity contribution in [1.29, 1.82) is 0 Å². The normalized spacial score (nSPS) is 14.4. The Morgan fingerprint density at radius 1 is 0.458 bits per heavy atom. The number of fused-ring (bicyclic) bond motifs is 8. The van der Waals surface area contributed by atoms with E-state index in [0.717, 1.165) is 21.9 Å². The van der Waals surface area contributed by atoms with Crippen LogP contribution < -0.4 is 0 Å². The lowest BCUT2D eigenvalue weighted by molar-refractivity contribution is 0.669. The van der Waals surface area contributed by atoms with Gasteiger partial charge in [0.25, 0.3) is 0 Å². The van der Waals surface area contributed by atoms with Gasteiger partial charge in [0.2, 0.25) is 0 Å². The van der Waals surface area contributed by atoms with Crippen LogP contribution in [0.1, 0.15) is 12.3 Å². The lowest BCUT2D eigenvalue weighted by Crippen LogP contribution is -2.00. The number of furan rings is 2. The van der Waals surface area contributed by atoms with Crippen LogP contribution in [0.5, 0.6) is 0 Å². The summed E-state index contributed by atoms with van der Waals surface area (Å²) in [4.78, 5) is 14.7. The summed E-state index contributed by atoms with van der Waals surface area (Å²) in [5, 5.41) is 1.01. The number of rotatable bonds is 4. The van der Waals surface area contributed by atoms with E-state index in [9.17, 15) is 4.11 Å². The summed E-state index contributed by atoms with van der Waals surface area (Å²) >= 11 is 0. The number of para-hydroxylation sites is 1. The van der Waals surface area contributed by atoms with Crippen LogP contribution in [-0.4, -0.2) is 15.0 Å². The summed E-state index contributed by atoms with van der Waals surface area (Å²) in [6.45, 7) is 0. The van der Waals surface area contributed by atoms with E-state index in [4.69, 9.17) is 32.0 Å². The Labute approximate surface area is 287 Å². The molecule has 48 heavy (non-hydrogen) atoms. The first-order chi connectivity index (χ1) is 27.5. The number of benzene rings is 7.